The van der Waals surface area contributed by atoms with Crippen LogP contribution in [-0.4, -0.2) is 12.8 Å². The molecule has 0 radical (unpaired) electrons. The van der Waals surface area contributed by atoms with Gasteiger partial charge in [0.05, 0.1) is 5.71 Å². The molecule has 1 aliphatic heterocycles. The molecule has 1 heterocycles. The van der Waals surface area contributed by atoms with Gasteiger partial charge in [0.15, 0.2) is 0 Å². The molecule has 2 fully saturated rings. The number of hydrogen-bond acceptors (Lipinski definition) is 3. The van der Waals surface area contributed by atoms with E-state index in [0.29, 0.717) is 0 Å². The molecular formula is C21H22F2N2O. The number of piperidine rings is 1. The molecule has 3 nitrogen and oxygen atoms in total. The summed E-state index contributed by atoms with van der Waals surface area (Å²) in [4.78, 5) is 5.15. The van der Waals surface area contributed by atoms with Gasteiger partial charge in [0.25, 0.3) is 0 Å². The van der Waals surface area contributed by atoms with Gasteiger partial charge in [-0.25, -0.2) is 8.78 Å². The van der Waals surface area contributed by atoms with E-state index in [1.807, 2.05) is 12.1 Å². The van der Waals surface area contributed by atoms with Crippen LogP contribution in [0.15, 0.2) is 53.7 Å². The molecule has 2 aromatic carbocycles. The van der Waals surface area contributed by atoms with Crippen LogP contribution in [0, 0.1) is 23.5 Å². The maximum Gasteiger partial charge on any atom is 0.123 e. The highest BCUT2D eigenvalue weighted by Crippen LogP contribution is 2.46. The van der Waals surface area contributed by atoms with Crippen molar-refractivity contribution in [3.63, 3.8) is 0 Å². The second-order valence-corrected chi connectivity index (χ2v) is 7.07. The first-order chi connectivity index (χ1) is 12.7. The fourth-order valence-electron chi connectivity index (χ4n) is 4.53. The minimum Gasteiger partial charge on any atom is -0.399 e. The van der Waals surface area contributed by atoms with Crippen LogP contribution in [0.1, 0.15) is 42.5 Å². The Morgan fingerprint density at radius 3 is 1.92 bits per heavy atom. The van der Waals surface area contributed by atoms with Crippen molar-refractivity contribution in [2.75, 3.05) is 7.11 Å². The molecule has 4 rings (SSSR count). The van der Waals surface area contributed by atoms with Gasteiger partial charge in [0.1, 0.15) is 18.7 Å². The normalized spacial score (nSPS) is 29.6. The molecule has 136 valence electrons. The number of halogens is 2. The molecule has 1 saturated heterocycles. The molecule has 0 unspecified atom stereocenters. The Morgan fingerprint density at radius 1 is 0.923 bits per heavy atom. The van der Waals surface area contributed by atoms with Crippen molar-refractivity contribution >= 4 is 5.71 Å². The smallest absolute Gasteiger partial charge is 0.123 e. The molecule has 26 heavy (non-hydrogen) atoms. The Labute approximate surface area is 152 Å². The van der Waals surface area contributed by atoms with Crippen molar-refractivity contribution in [1.29, 1.82) is 0 Å². The molecule has 2 aliphatic rings. The van der Waals surface area contributed by atoms with E-state index in [2.05, 4.69) is 10.5 Å². The van der Waals surface area contributed by atoms with E-state index in [0.717, 1.165) is 36.1 Å². The first-order valence-corrected chi connectivity index (χ1v) is 9.05. The zero-order valence-electron chi connectivity index (χ0n) is 14.7. The molecule has 0 amide bonds. The first-order valence-electron chi connectivity index (χ1n) is 9.05. The summed E-state index contributed by atoms with van der Waals surface area (Å²) < 4.78 is 27.7. The van der Waals surface area contributed by atoms with Crippen LogP contribution in [0.4, 0.5) is 8.78 Å². The third kappa shape index (κ3) is 3.12. The zero-order valence-corrected chi connectivity index (χ0v) is 14.7. The summed E-state index contributed by atoms with van der Waals surface area (Å²) in [6.07, 6.45) is 3.02. The van der Waals surface area contributed by atoms with Crippen LogP contribution >= 0.6 is 0 Å². The fourth-order valence-corrected chi connectivity index (χ4v) is 4.53. The molecule has 1 saturated carbocycles. The van der Waals surface area contributed by atoms with E-state index >= 15 is 0 Å². The van der Waals surface area contributed by atoms with Gasteiger partial charge in [0, 0.05) is 23.9 Å². The van der Waals surface area contributed by atoms with Gasteiger partial charge in [-0.2, -0.15) is 0 Å². The highest BCUT2D eigenvalue weighted by atomic mass is 19.1. The Bertz CT molecular complexity index is 762. The van der Waals surface area contributed by atoms with E-state index in [-0.39, 0.29) is 35.6 Å². The Hall–Kier alpha value is -2.27. The highest BCUT2D eigenvalue weighted by Gasteiger charge is 2.45. The predicted octanol–water partition coefficient (Wildman–Crippen LogP) is 4.77. The van der Waals surface area contributed by atoms with Gasteiger partial charge >= 0.3 is 0 Å². The fraction of sp³-hybridized carbons (Fsp3) is 0.381. The molecule has 0 aromatic heterocycles. The summed E-state index contributed by atoms with van der Waals surface area (Å²) in [7, 11) is 1.55. The number of hydrogen-bond donors (Lipinski definition) is 1. The van der Waals surface area contributed by atoms with Gasteiger partial charge in [-0.15, -0.1) is 0 Å². The zero-order chi connectivity index (χ0) is 18.1. The second-order valence-electron chi connectivity index (χ2n) is 7.07. The number of rotatable bonds is 3. The van der Waals surface area contributed by atoms with Gasteiger partial charge in [-0.3, -0.25) is 0 Å². The number of nitrogens with one attached hydrogen (secondary N) is 1. The summed E-state index contributed by atoms with van der Waals surface area (Å²) in [6.45, 7) is 0. The van der Waals surface area contributed by atoms with Crippen molar-refractivity contribution < 1.29 is 13.6 Å². The largest absolute Gasteiger partial charge is 0.399 e. The first kappa shape index (κ1) is 17.2. The lowest BCUT2D eigenvalue weighted by Gasteiger charge is -2.47. The number of fused-ring (bicyclic) bond motifs is 2. The van der Waals surface area contributed by atoms with Crippen LogP contribution in [0.2, 0.25) is 0 Å². The SMILES string of the molecule is CON=C1[C@H]2CCC[C@@H]1[C@H](c1cccc(F)c1)N[C@@H]2c1cccc(F)c1. The lowest BCUT2D eigenvalue weighted by atomic mass is 9.67. The monoisotopic (exact) mass is 356 g/mol. The van der Waals surface area contributed by atoms with Crippen LogP contribution < -0.4 is 5.32 Å². The van der Waals surface area contributed by atoms with E-state index in [1.54, 1.807) is 31.4 Å². The van der Waals surface area contributed by atoms with Crippen LogP contribution in [0.3, 0.4) is 0 Å². The minimum atomic E-state index is -0.255. The Balaban J connectivity index is 1.79. The number of oxime groups is 1. The molecule has 1 aliphatic carbocycles. The predicted molar refractivity (Wildman–Crippen MR) is 96.7 cm³/mol. The molecule has 5 heteroatoms. The standard InChI is InChI=1S/C21H22F2N2O/c1-26-25-21-17-9-4-10-18(21)20(14-6-3-8-16(23)12-14)24-19(17)13-5-2-7-15(22)11-13/h2-3,5-8,11-12,17-20,24H,4,9-10H2,1H3/t17-,18+,19+,20-. The Kier molecular flexibility index (Phi) is 4.72. The highest BCUT2D eigenvalue weighted by molar-refractivity contribution is 5.91. The maximum absolute atomic E-state index is 13.8. The topological polar surface area (TPSA) is 33.6 Å². The summed E-state index contributed by atoms with van der Waals surface area (Å²) in [5, 5.41) is 8.01. The molecule has 4 atom stereocenters. The molecular weight excluding hydrogens is 334 g/mol. The third-order valence-corrected chi connectivity index (χ3v) is 5.57. The van der Waals surface area contributed by atoms with Crippen molar-refractivity contribution in [2.24, 2.45) is 17.0 Å². The van der Waals surface area contributed by atoms with E-state index in [1.165, 1.54) is 12.1 Å². The van der Waals surface area contributed by atoms with Crippen LogP contribution in [0.5, 0.6) is 0 Å². The molecule has 2 aromatic rings. The number of benzene rings is 2. The summed E-state index contributed by atoms with van der Waals surface area (Å²) in [6, 6.07) is 13.2. The van der Waals surface area contributed by atoms with Crippen LogP contribution in [0.25, 0.3) is 0 Å². The van der Waals surface area contributed by atoms with E-state index in [4.69, 9.17) is 4.84 Å². The van der Waals surface area contributed by atoms with E-state index in [9.17, 15) is 8.78 Å². The maximum atomic E-state index is 13.8. The van der Waals surface area contributed by atoms with Crippen LogP contribution in [-0.2, 0) is 4.84 Å². The summed E-state index contributed by atoms with van der Waals surface area (Å²) in [5.74, 6) is -0.204. The quantitative estimate of drug-likeness (QED) is 0.804. The molecule has 2 bridgehead atoms. The van der Waals surface area contributed by atoms with E-state index < -0.39 is 0 Å². The van der Waals surface area contributed by atoms with Gasteiger partial charge in [0.2, 0.25) is 0 Å². The van der Waals surface area contributed by atoms with Gasteiger partial charge in [-0.1, -0.05) is 35.8 Å². The van der Waals surface area contributed by atoms with Crippen molar-refractivity contribution in [1.82, 2.24) is 5.32 Å². The average Bonchev–Trinajstić information content (AvgIpc) is 2.62. The Morgan fingerprint density at radius 2 is 1.46 bits per heavy atom. The van der Waals surface area contributed by atoms with Crippen molar-refractivity contribution in [3.8, 4) is 0 Å². The lowest BCUT2D eigenvalue weighted by molar-refractivity contribution is 0.180. The lowest BCUT2D eigenvalue weighted by Crippen LogP contribution is -2.50. The van der Waals surface area contributed by atoms with Gasteiger partial charge in [-0.05, 0) is 48.2 Å². The van der Waals surface area contributed by atoms with Crippen molar-refractivity contribution in [3.05, 3.63) is 71.3 Å². The molecule has 0 spiro atoms. The second kappa shape index (κ2) is 7.16. The summed E-state index contributed by atoms with van der Waals surface area (Å²) in [5.41, 5.74) is 2.78. The summed E-state index contributed by atoms with van der Waals surface area (Å²) >= 11 is 0. The van der Waals surface area contributed by atoms with Crippen molar-refractivity contribution in [2.45, 2.75) is 31.3 Å². The number of nitrogens with zero attached hydrogens (tertiary/aromatic N) is 1. The van der Waals surface area contributed by atoms with Gasteiger partial charge < -0.3 is 10.2 Å². The molecule has 1 N–H and O–H groups in total. The average molecular weight is 356 g/mol. The third-order valence-electron chi connectivity index (χ3n) is 5.57. The minimum absolute atomic E-state index is 0.0792.